The molecule has 1 N–H and O–H groups in total. The Morgan fingerprint density at radius 3 is 2.39 bits per heavy atom. The fraction of sp³-hybridized carbons (Fsp3) is 0.600. The van der Waals surface area contributed by atoms with Crippen molar-refractivity contribution in [1.82, 2.24) is 5.32 Å². The van der Waals surface area contributed by atoms with Gasteiger partial charge in [0.1, 0.15) is 0 Å². The van der Waals surface area contributed by atoms with E-state index in [4.69, 9.17) is 11.6 Å². The van der Waals surface area contributed by atoms with Crippen LogP contribution in [-0.2, 0) is 0 Å². The first-order valence-corrected chi connectivity index (χ1v) is 8.27. The first-order chi connectivity index (χ1) is 8.63. The van der Waals surface area contributed by atoms with Gasteiger partial charge in [0.15, 0.2) is 0 Å². The van der Waals surface area contributed by atoms with E-state index in [1.807, 2.05) is 0 Å². The standard InChI is InChI=1S/C15H23ClIN/c1-4-9-18-15(11(5-2)6-3)12-7-8-14(17)13(16)10-12/h7-8,10-11,15,18H,4-6,9H2,1-3H3. The molecule has 1 aromatic carbocycles. The van der Waals surface area contributed by atoms with Gasteiger partial charge in [-0.2, -0.15) is 0 Å². The van der Waals surface area contributed by atoms with Crippen LogP contribution >= 0.6 is 34.2 Å². The molecule has 0 heterocycles. The van der Waals surface area contributed by atoms with Crippen LogP contribution in [0.5, 0.6) is 0 Å². The topological polar surface area (TPSA) is 12.0 Å². The van der Waals surface area contributed by atoms with Crippen LogP contribution in [0.1, 0.15) is 51.6 Å². The van der Waals surface area contributed by atoms with Crippen LogP contribution in [0.15, 0.2) is 18.2 Å². The van der Waals surface area contributed by atoms with E-state index in [0.717, 1.165) is 21.6 Å². The first-order valence-electron chi connectivity index (χ1n) is 6.82. The molecule has 18 heavy (non-hydrogen) atoms. The zero-order chi connectivity index (χ0) is 13.5. The van der Waals surface area contributed by atoms with Gasteiger partial charge in [0.25, 0.3) is 0 Å². The summed E-state index contributed by atoms with van der Waals surface area (Å²) in [5.41, 5.74) is 1.32. The van der Waals surface area contributed by atoms with Gasteiger partial charge in [0.05, 0.1) is 5.02 Å². The van der Waals surface area contributed by atoms with E-state index < -0.39 is 0 Å². The zero-order valence-electron chi connectivity index (χ0n) is 11.5. The lowest BCUT2D eigenvalue weighted by Gasteiger charge is -2.27. The Labute approximate surface area is 130 Å². The maximum atomic E-state index is 6.25. The summed E-state index contributed by atoms with van der Waals surface area (Å²) < 4.78 is 1.12. The molecule has 1 atom stereocenters. The third kappa shape index (κ3) is 4.39. The average molecular weight is 380 g/mol. The molecule has 1 unspecified atom stereocenters. The van der Waals surface area contributed by atoms with Gasteiger partial charge >= 0.3 is 0 Å². The Morgan fingerprint density at radius 2 is 1.89 bits per heavy atom. The van der Waals surface area contributed by atoms with Gasteiger partial charge in [-0.3, -0.25) is 0 Å². The highest BCUT2D eigenvalue weighted by Crippen LogP contribution is 2.30. The van der Waals surface area contributed by atoms with Gasteiger partial charge in [0, 0.05) is 9.61 Å². The third-order valence-corrected chi connectivity index (χ3v) is 5.01. The minimum atomic E-state index is 0.425. The van der Waals surface area contributed by atoms with Gasteiger partial charge in [-0.25, -0.2) is 0 Å². The first kappa shape index (κ1) is 16.3. The molecular formula is C15H23ClIN. The predicted octanol–water partition coefficient (Wildman–Crippen LogP) is 5.42. The number of rotatable bonds is 7. The molecule has 0 saturated carbocycles. The van der Waals surface area contributed by atoms with Crippen LogP contribution in [0.25, 0.3) is 0 Å². The van der Waals surface area contributed by atoms with E-state index in [2.05, 4.69) is 66.9 Å². The summed E-state index contributed by atoms with van der Waals surface area (Å²) in [6, 6.07) is 6.87. The minimum absolute atomic E-state index is 0.425. The van der Waals surface area contributed by atoms with Crippen molar-refractivity contribution in [1.29, 1.82) is 0 Å². The summed E-state index contributed by atoms with van der Waals surface area (Å²) in [5.74, 6) is 0.674. The second-order valence-electron chi connectivity index (χ2n) is 4.68. The molecule has 0 aromatic heterocycles. The SMILES string of the molecule is CCCNC(c1ccc(I)c(Cl)c1)C(CC)CC. The Morgan fingerprint density at radius 1 is 1.22 bits per heavy atom. The molecule has 102 valence electrons. The molecule has 0 radical (unpaired) electrons. The largest absolute Gasteiger partial charge is 0.310 e. The van der Waals surface area contributed by atoms with Gasteiger partial charge < -0.3 is 5.32 Å². The smallest absolute Gasteiger partial charge is 0.0542 e. The molecule has 0 aliphatic heterocycles. The Bertz CT molecular complexity index is 364. The van der Waals surface area contributed by atoms with Crippen molar-refractivity contribution < 1.29 is 0 Å². The van der Waals surface area contributed by atoms with E-state index in [0.29, 0.717) is 12.0 Å². The average Bonchev–Trinajstić information content (AvgIpc) is 2.38. The lowest BCUT2D eigenvalue weighted by Crippen LogP contribution is -2.28. The van der Waals surface area contributed by atoms with Crippen LogP contribution < -0.4 is 5.32 Å². The van der Waals surface area contributed by atoms with E-state index in [9.17, 15) is 0 Å². The van der Waals surface area contributed by atoms with E-state index in [1.54, 1.807) is 0 Å². The highest BCUT2D eigenvalue weighted by Gasteiger charge is 2.20. The van der Waals surface area contributed by atoms with Crippen molar-refractivity contribution in [3.8, 4) is 0 Å². The summed E-state index contributed by atoms with van der Waals surface area (Å²) in [5, 5.41) is 4.54. The van der Waals surface area contributed by atoms with Gasteiger partial charge in [-0.15, -0.1) is 0 Å². The van der Waals surface area contributed by atoms with Gasteiger partial charge in [-0.1, -0.05) is 51.3 Å². The molecule has 0 amide bonds. The molecule has 1 aromatic rings. The minimum Gasteiger partial charge on any atom is -0.310 e. The molecule has 0 spiro atoms. The van der Waals surface area contributed by atoms with Gasteiger partial charge in [0.2, 0.25) is 0 Å². The van der Waals surface area contributed by atoms with Gasteiger partial charge in [-0.05, 0) is 59.2 Å². The van der Waals surface area contributed by atoms with Crippen LogP contribution in [0.4, 0.5) is 0 Å². The van der Waals surface area contributed by atoms with Crippen LogP contribution in [0.3, 0.4) is 0 Å². The summed E-state index contributed by atoms with van der Waals surface area (Å²) in [7, 11) is 0. The Kier molecular flexibility index (Phi) is 7.57. The molecule has 0 bridgehead atoms. The van der Waals surface area contributed by atoms with Crippen LogP contribution in [0, 0.1) is 9.49 Å². The summed E-state index contributed by atoms with van der Waals surface area (Å²) in [6.45, 7) is 7.80. The molecule has 0 aliphatic carbocycles. The van der Waals surface area contributed by atoms with E-state index in [-0.39, 0.29) is 0 Å². The molecule has 0 aliphatic rings. The number of hydrogen-bond acceptors (Lipinski definition) is 1. The fourth-order valence-corrected chi connectivity index (χ4v) is 2.85. The molecule has 0 fully saturated rings. The maximum absolute atomic E-state index is 6.25. The maximum Gasteiger partial charge on any atom is 0.0542 e. The quantitative estimate of drug-likeness (QED) is 0.624. The number of halogens is 2. The highest BCUT2D eigenvalue weighted by molar-refractivity contribution is 14.1. The predicted molar refractivity (Wildman–Crippen MR) is 89.3 cm³/mol. The lowest BCUT2D eigenvalue weighted by atomic mass is 9.89. The second-order valence-corrected chi connectivity index (χ2v) is 6.25. The number of benzene rings is 1. The van der Waals surface area contributed by atoms with Crippen molar-refractivity contribution >= 4 is 34.2 Å². The second kappa shape index (κ2) is 8.39. The van der Waals surface area contributed by atoms with E-state index >= 15 is 0 Å². The molecule has 3 heteroatoms. The molecule has 1 nitrogen and oxygen atoms in total. The third-order valence-electron chi connectivity index (χ3n) is 3.44. The van der Waals surface area contributed by atoms with Crippen molar-refractivity contribution in [2.24, 2.45) is 5.92 Å². The van der Waals surface area contributed by atoms with Crippen molar-refractivity contribution in [3.05, 3.63) is 32.4 Å². The molecular weight excluding hydrogens is 357 g/mol. The van der Waals surface area contributed by atoms with Crippen molar-refractivity contribution in [2.75, 3.05) is 6.54 Å². The fourth-order valence-electron chi connectivity index (χ4n) is 2.32. The lowest BCUT2D eigenvalue weighted by molar-refractivity contribution is 0.341. The molecule has 0 saturated heterocycles. The summed E-state index contributed by atoms with van der Waals surface area (Å²) in [4.78, 5) is 0. The number of nitrogens with one attached hydrogen (secondary N) is 1. The van der Waals surface area contributed by atoms with Crippen molar-refractivity contribution in [2.45, 2.75) is 46.1 Å². The zero-order valence-corrected chi connectivity index (χ0v) is 14.4. The normalized spacial score (nSPS) is 13.0. The number of hydrogen-bond donors (Lipinski definition) is 1. The van der Waals surface area contributed by atoms with Crippen molar-refractivity contribution in [3.63, 3.8) is 0 Å². The monoisotopic (exact) mass is 379 g/mol. The molecule has 1 rings (SSSR count). The summed E-state index contributed by atoms with van der Waals surface area (Å²) in [6.07, 6.45) is 3.55. The Hall–Kier alpha value is 0.200. The van der Waals surface area contributed by atoms with Crippen LogP contribution in [0.2, 0.25) is 5.02 Å². The highest BCUT2D eigenvalue weighted by atomic mass is 127. The Balaban J connectivity index is 2.96. The van der Waals surface area contributed by atoms with Crippen LogP contribution in [-0.4, -0.2) is 6.54 Å². The van der Waals surface area contributed by atoms with E-state index in [1.165, 1.54) is 18.4 Å². The summed E-state index contributed by atoms with van der Waals surface area (Å²) >= 11 is 8.52.